The van der Waals surface area contributed by atoms with Gasteiger partial charge in [-0.1, -0.05) is 0 Å². The number of rotatable bonds is 6. The summed E-state index contributed by atoms with van der Waals surface area (Å²) in [5, 5.41) is 8.88. The van der Waals surface area contributed by atoms with Crippen molar-refractivity contribution < 1.29 is 27.0 Å². The second kappa shape index (κ2) is 6.13. The van der Waals surface area contributed by atoms with Gasteiger partial charge in [0.2, 0.25) is 10.0 Å². The van der Waals surface area contributed by atoms with Gasteiger partial charge in [-0.25, -0.2) is 21.9 Å². The first kappa shape index (κ1) is 15.6. The van der Waals surface area contributed by atoms with Crippen molar-refractivity contribution in [1.82, 2.24) is 4.72 Å². The quantitative estimate of drug-likeness (QED) is 0.650. The highest BCUT2D eigenvalue weighted by molar-refractivity contribution is 7.89. The van der Waals surface area contributed by atoms with Gasteiger partial charge in [-0.2, -0.15) is 0 Å². The summed E-state index contributed by atoms with van der Waals surface area (Å²) in [6, 6.07) is 3.91. The monoisotopic (exact) mass is 296 g/mol. The standard InChI is InChI=1S/C10H14F2N2O4S/c1-18-8-3-2-6(13)4-9(8)19(16,17)14-5-7(15)10(11)12/h2-4,7,10,14-15H,5,13H2,1H3. The fourth-order valence-corrected chi connectivity index (χ4v) is 2.52. The Labute approximate surface area is 109 Å². The molecule has 0 radical (unpaired) electrons. The highest BCUT2D eigenvalue weighted by Crippen LogP contribution is 2.25. The van der Waals surface area contributed by atoms with Crippen LogP contribution in [0.15, 0.2) is 23.1 Å². The molecule has 0 bridgehead atoms. The molecular weight excluding hydrogens is 282 g/mol. The number of halogens is 2. The molecule has 9 heteroatoms. The van der Waals surface area contributed by atoms with Gasteiger partial charge in [-0.05, 0) is 18.2 Å². The molecule has 0 aromatic heterocycles. The van der Waals surface area contributed by atoms with Crippen LogP contribution in [-0.2, 0) is 10.0 Å². The van der Waals surface area contributed by atoms with Crippen LogP contribution in [0.3, 0.4) is 0 Å². The lowest BCUT2D eigenvalue weighted by Crippen LogP contribution is -2.36. The van der Waals surface area contributed by atoms with E-state index in [1.807, 2.05) is 4.72 Å². The minimum absolute atomic E-state index is 0.0215. The first-order valence-corrected chi connectivity index (χ1v) is 6.65. The zero-order valence-corrected chi connectivity index (χ0v) is 10.8. The number of sulfonamides is 1. The first-order valence-electron chi connectivity index (χ1n) is 5.17. The Balaban J connectivity index is 2.97. The molecule has 1 aromatic carbocycles. The van der Waals surface area contributed by atoms with Crippen LogP contribution in [0.4, 0.5) is 14.5 Å². The Morgan fingerprint density at radius 3 is 2.63 bits per heavy atom. The second-order valence-electron chi connectivity index (χ2n) is 3.66. The summed E-state index contributed by atoms with van der Waals surface area (Å²) in [5.41, 5.74) is 5.64. The first-order chi connectivity index (χ1) is 8.77. The maximum absolute atomic E-state index is 12.1. The van der Waals surface area contributed by atoms with Crippen LogP contribution < -0.4 is 15.2 Å². The van der Waals surface area contributed by atoms with Crippen LogP contribution in [0.2, 0.25) is 0 Å². The van der Waals surface area contributed by atoms with E-state index in [2.05, 4.69) is 0 Å². The molecule has 0 spiro atoms. The van der Waals surface area contributed by atoms with E-state index >= 15 is 0 Å². The lowest BCUT2D eigenvalue weighted by Gasteiger charge is -2.13. The molecular formula is C10H14F2N2O4S. The molecule has 0 heterocycles. The fourth-order valence-electron chi connectivity index (χ4n) is 1.27. The van der Waals surface area contributed by atoms with Crippen molar-refractivity contribution in [3.63, 3.8) is 0 Å². The summed E-state index contributed by atoms with van der Waals surface area (Å²) in [6.07, 6.45) is -5.12. The molecule has 0 aliphatic rings. The zero-order chi connectivity index (χ0) is 14.6. The van der Waals surface area contributed by atoms with Crippen LogP contribution in [0.5, 0.6) is 5.75 Å². The van der Waals surface area contributed by atoms with Gasteiger partial charge in [0.1, 0.15) is 16.7 Å². The number of hydrogen-bond acceptors (Lipinski definition) is 5. The van der Waals surface area contributed by atoms with E-state index in [0.717, 1.165) is 6.07 Å². The fraction of sp³-hybridized carbons (Fsp3) is 0.400. The normalized spacial score (nSPS) is 13.5. The number of ether oxygens (including phenoxy) is 1. The molecule has 1 atom stereocenters. The number of aliphatic hydroxyl groups excluding tert-OH is 1. The van der Waals surface area contributed by atoms with Gasteiger partial charge in [0.15, 0.2) is 0 Å². The highest BCUT2D eigenvalue weighted by atomic mass is 32.2. The van der Waals surface area contributed by atoms with Gasteiger partial charge in [-0.3, -0.25) is 0 Å². The summed E-state index contributed by atoms with van der Waals surface area (Å²) in [4.78, 5) is -0.281. The topological polar surface area (TPSA) is 102 Å². The maximum atomic E-state index is 12.1. The van der Waals surface area contributed by atoms with Crippen molar-refractivity contribution in [1.29, 1.82) is 0 Å². The highest BCUT2D eigenvalue weighted by Gasteiger charge is 2.23. The van der Waals surface area contributed by atoms with Crippen LogP contribution in [0.25, 0.3) is 0 Å². The van der Waals surface area contributed by atoms with Crippen molar-refractivity contribution in [3.05, 3.63) is 18.2 Å². The molecule has 1 rings (SSSR count). The Kier molecular flexibility index (Phi) is 5.04. The van der Waals surface area contributed by atoms with Crippen LogP contribution >= 0.6 is 0 Å². The molecule has 1 unspecified atom stereocenters. The van der Waals surface area contributed by atoms with Gasteiger partial charge in [-0.15, -0.1) is 0 Å². The minimum atomic E-state index is -4.10. The summed E-state index contributed by atoms with van der Waals surface area (Å²) < 4.78 is 54.7. The minimum Gasteiger partial charge on any atom is -0.495 e. The molecule has 0 aliphatic heterocycles. The molecule has 0 saturated heterocycles. The predicted molar refractivity (Wildman–Crippen MR) is 64.6 cm³/mol. The van der Waals surface area contributed by atoms with Crippen molar-refractivity contribution in [3.8, 4) is 5.75 Å². The zero-order valence-electron chi connectivity index (χ0n) is 10.0. The van der Waals surface area contributed by atoms with Gasteiger partial charge in [0.25, 0.3) is 6.43 Å². The van der Waals surface area contributed by atoms with Crippen LogP contribution in [0, 0.1) is 0 Å². The third-order valence-corrected chi connectivity index (χ3v) is 3.70. The Morgan fingerprint density at radius 1 is 1.47 bits per heavy atom. The summed E-state index contributed by atoms with van der Waals surface area (Å²) >= 11 is 0. The number of aliphatic hydroxyl groups is 1. The molecule has 6 nitrogen and oxygen atoms in total. The van der Waals surface area contributed by atoms with E-state index in [0.29, 0.717) is 0 Å². The summed E-state index contributed by atoms with van der Waals surface area (Å²) in [6.45, 7) is -0.808. The van der Waals surface area contributed by atoms with E-state index in [-0.39, 0.29) is 16.3 Å². The Bertz CT molecular complexity index is 536. The molecule has 4 N–H and O–H groups in total. The van der Waals surface area contributed by atoms with Gasteiger partial charge < -0.3 is 15.6 Å². The second-order valence-corrected chi connectivity index (χ2v) is 5.40. The number of alkyl halides is 2. The number of nitrogens with two attached hydrogens (primary N) is 1. The Morgan fingerprint density at radius 2 is 2.11 bits per heavy atom. The third kappa shape index (κ3) is 4.01. The molecule has 19 heavy (non-hydrogen) atoms. The number of anilines is 1. The van der Waals surface area contributed by atoms with E-state index in [1.54, 1.807) is 0 Å². The van der Waals surface area contributed by atoms with E-state index in [9.17, 15) is 17.2 Å². The lowest BCUT2D eigenvalue weighted by atomic mass is 10.3. The van der Waals surface area contributed by atoms with E-state index in [4.69, 9.17) is 15.6 Å². The summed E-state index contributed by atoms with van der Waals surface area (Å²) in [7, 11) is -2.84. The van der Waals surface area contributed by atoms with Crippen LogP contribution in [-0.4, -0.2) is 39.7 Å². The Hall–Kier alpha value is -1.45. The van der Waals surface area contributed by atoms with Gasteiger partial charge in [0.05, 0.1) is 7.11 Å². The average molecular weight is 296 g/mol. The number of hydrogen-bond donors (Lipinski definition) is 3. The predicted octanol–water partition coefficient (Wildman–Crippen LogP) is 0.182. The van der Waals surface area contributed by atoms with Crippen LogP contribution in [0.1, 0.15) is 0 Å². The SMILES string of the molecule is COc1ccc(N)cc1S(=O)(=O)NCC(O)C(F)F. The van der Waals surface area contributed by atoms with Gasteiger partial charge >= 0.3 is 0 Å². The molecule has 0 fully saturated rings. The maximum Gasteiger partial charge on any atom is 0.265 e. The number of benzene rings is 1. The molecule has 0 saturated carbocycles. The average Bonchev–Trinajstić information content (AvgIpc) is 2.35. The van der Waals surface area contributed by atoms with Gasteiger partial charge in [0, 0.05) is 12.2 Å². The smallest absolute Gasteiger partial charge is 0.265 e. The van der Waals surface area contributed by atoms with Crippen molar-refractivity contribution in [2.75, 3.05) is 19.4 Å². The molecule has 108 valence electrons. The number of methoxy groups -OCH3 is 1. The molecule has 0 aliphatic carbocycles. The number of nitrogen functional groups attached to an aromatic ring is 1. The summed E-state index contributed by atoms with van der Waals surface area (Å²) in [5.74, 6) is 0.0215. The van der Waals surface area contributed by atoms with E-state index < -0.39 is 29.1 Å². The molecule has 0 amide bonds. The van der Waals surface area contributed by atoms with E-state index in [1.165, 1.54) is 19.2 Å². The van der Waals surface area contributed by atoms with Crippen molar-refractivity contribution >= 4 is 15.7 Å². The van der Waals surface area contributed by atoms with Crippen molar-refractivity contribution in [2.45, 2.75) is 17.4 Å². The third-order valence-electron chi connectivity index (χ3n) is 2.25. The number of nitrogens with one attached hydrogen (secondary N) is 1. The van der Waals surface area contributed by atoms with Crippen molar-refractivity contribution in [2.24, 2.45) is 0 Å². The molecule has 1 aromatic rings. The lowest BCUT2D eigenvalue weighted by molar-refractivity contribution is -0.000454. The largest absolute Gasteiger partial charge is 0.495 e.